The number of nitrogens with zero attached hydrogens (tertiary/aromatic N) is 4. The lowest BCUT2D eigenvalue weighted by Crippen LogP contribution is -2.33. The molecule has 1 amide bonds. The van der Waals surface area contributed by atoms with Crippen LogP contribution in [0.5, 0.6) is 0 Å². The molecular formula is C18H20N4OS2. The first-order chi connectivity index (χ1) is 12.1. The summed E-state index contributed by atoms with van der Waals surface area (Å²) < 4.78 is 1.97. The third-order valence-electron chi connectivity index (χ3n) is 3.94. The summed E-state index contributed by atoms with van der Waals surface area (Å²) in [5, 5.41) is 11.1. The van der Waals surface area contributed by atoms with Crippen LogP contribution in [0.1, 0.15) is 17.6 Å². The van der Waals surface area contributed by atoms with E-state index in [-0.39, 0.29) is 11.2 Å². The molecule has 0 aliphatic heterocycles. The molecule has 5 nitrogen and oxygen atoms in total. The van der Waals surface area contributed by atoms with Crippen LogP contribution < -0.4 is 4.90 Å². The maximum absolute atomic E-state index is 12.7. The molecule has 2 heterocycles. The minimum atomic E-state index is -0.248. The monoisotopic (exact) mass is 372 g/mol. The van der Waals surface area contributed by atoms with Crippen molar-refractivity contribution < 1.29 is 4.79 Å². The fourth-order valence-electron chi connectivity index (χ4n) is 2.43. The van der Waals surface area contributed by atoms with Crippen molar-refractivity contribution in [3.05, 3.63) is 58.5 Å². The number of para-hydroxylation sites is 1. The predicted molar refractivity (Wildman–Crippen MR) is 103 cm³/mol. The van der Waals surface area contributed by atoms with E-state index in [9.17, 15) is 4.79 Å². The van der Waals surface area contributed by atoms with Crippen LogP contribution in [0.3, 0.4) is 0 Å². The van der Waals surface area contributed by atoms with Crippen LogP contribution in [-0.2, 0) is 18.3 Å². The van der Waals surface area contributed by atoms with Gasteiger partial charge in [-0.25, -0.2) is 0 Å². The molecule has 0 saturated heterocycles. The molecule has 0 aliphatic carbocycles. The van der Waals surface area contributed by atoms with Gasteiger partial charge in [-0.15, -0.1) is 21.5 Å². The summed E-state index contributed by atoms with van der Waals surface area (Å²) in [4.78, 5) is 15.6. The van der Waals surface area contributed by atoms with Gasteiger partial charge in [0.1, 0.15) is 5.82 Å². The number of hydrogen-bond acceptors (Lipinski definition) is 5. The van der Waals surface area contributed by atoms with Gasteiger partial charge in [-0.1, -0.05) is 36.0 Å². The molecule has 7 heteroatoms. The molecule has 0 saturated carbocycles. The lowest BCUT2D eigenvalue weighted by molar-refractivity contribution is -0.117. The van der Waals surface area contributed by atoms with Crippen LogP contribution in [0.2, 0.25) is 0 Å². The highest BCUT2D eigenvalue weighted by Crippen LogP contribution is 2.25. The number of carbonyl (C=O) groups is 1. The van der Waals surface area contributed by atoms with Crippen LogP contribution in [0.4, 0.5) is 5.69 Å². The number of benzene rings is 1. The molecule has 0 radical (unpaired) electrons. The maximum Gasteiger partial charge on any atom is 0.240 e. The predicted octanol–water partition coefficient (Wildman–Crippen LogP) is 3.61. The first-order valence-electron chi connectivity index (χ1n) is 7.96. The quantitative estimate of drug-likeness (QED) is 0.620. The zero-order chi connectivity index (χ0) is 17.8. The Hall–Kier alpha value is -2.12. The van der Waals surface area contributed by atoms with Gasteiger partial charge < -0.3 is 9.47 Å². The van der Waals surface area contributed by atoms with Crippen LogP contribution in [0.25, 0.3) is 0 Å². The van der Waals surface area contributed by atoms with Gasteiger partial charge in [0.15, 0.2) is 5.16 Å². The van der Waals surface area contributed by atoms with Gasteiger partial charge in [-0.3, -0.25) is 4.79 Å². The van der Waals surface area contributed by atoms with Crippen molar-refractivity contribution in [2.24, 2.45) is 7.05 Å². The smallest absolute Gasteiger partial charge is 0.240 e. The second kappa shape index (κ2) is 7.84. The number of amides is 1. The van der Waals surface area contributed by atoms with E-state index in [1.807, 2.05) is 54.9 Å². The number of carbonyl (C=O) groups excluding carboxylic acids is 1. The molecule has 3 aromatic rings. The average Bonchev–Trinajstić information content (AvgIpc) is 3.26. The summed E-state index contributed by atoms with van der Waals surface area (Å²) in [6.45, 7) is 1.90. The first-order valence-corrected chi connectivity index (χ1v) is 9.72. The molecule has 0 aliphatic rings. The molecule has 2 aromatic heterocycles. The summed E-state index contributed by atoms with van der Waals surface area (Å²) in [5.41, 5.74) is 0.885. The van der Waals surface area contributed by atoms with Gasteiger partial charge in [0.25, 0.3) is 0 Å². The Morgan fingerprint density at radius 2 is 2.00 bits per heavy atom. The van der Waals surface area contributed by atoms with Crippen molar-refractivity contribution in [3.8, 4) is 0 Å². The molecule has 1 aromatic carbocycles. The normalized spacial score (nSPS) is 12.1. The van der Waals surface area contributed by atoms with Gasteiger partial charge in [-0.05, 0) is 30.5 Å². The third-order valence-corrected chi connectivity index (χ3v) is 5.94. The van der Waals surface area contributed by atoms with Gasteiger partial charge in [0, 0.05) is 31.1 Å². The van der Waals surface area contributed by atoms with Gasteiger partial charge in [-0.2, -0.15) is 0 Å². The summed E-state index contributed by atoms with van der Waals surface area (Å²) in [7, 11) is 3.75. The first kappa shape index (κ1) is 17.7. The van der Waals surface area contributed by atoms with E-state index in [0.29, 0.717) is 0 Å². The largest absolute Gasteiger partial charge is 0.315 e. The molecule has 130 valence electrons. The third kappa shape index (κ3) is 4.11. The molecule has 0 spiro atoms. The van der Waals surface area contributed by atoms with Gasteiger partial charge in [0.2, 0.25) is 5.91 Å². The minimum Gasteiger partial charge on any atom is -0.315 e. The Morgan fingerprint density at radius 3 is 2.68 bits per heavy atom. The molecule has 1 atom stereocenters. The van der Waals surface area contributed by atoms with E-state index in [1.54, 1.807) is 23.3 Å². The Labute approximate surface area is 155 Å². The van der Waals surface area contributed by atoms with Crippen molar-refractivity contribution in [2.75, 3.05) is 11.9 Å². The number of rotatable bonds is 6. The zero-order valence-electron chi connectivity index (χ0n) is 14.4. The van der Waals surface area contributed by atoms with Gasteiger partial charge >= 0.3 is 0 Å². The van der Waals surface area contributed by atoms with E-state index in [2.05, 4.69) is 21.6 Å². The van der Waals surface area contributed by atoms with E-state index in [0.717, 1.165) is 23.1 Å². The zero-order valence-corrected chi connectivity index (χ0v) is 16.0. The lowest BCUT2D eigenvalue weighted by Gasteiger charge is -2.20. The highest BCUT2D eigenvalue weighted by molar-refractivity contribution is 8.00. The fraction of sp³-hybridized carbons (Fsp3) is 0.278. The molecule has 0 unspecified atom stereocenters. The summed E-state index contributed by atoms with van der Waals surface area (Å²) in [5.74, 6) is 0.944. The van der Waals surface area contributed by atoms with Crippen LogP contribution in [0, 0.1) is 0 Å². The van der Waals surface area contributed by atoms with E-state index in [4.69, 9.17) is 0 Å². The molecule has 25 heavy (non-hydrogen) atoms. The summed E-state index contributed by atoms with van der Waals surface area (Å²) >= 11 is 3.14. The topological polar surface area (TPSA) is 51.0 Å². The van der Waals surface area contributed by atoms with Crippen LogP contribution in [0.15, 0.2) is 53.0 Å². The Morgan fingerprint density at radius 1 is 1.24 bits per heavy atom. The average molecular weight is 373 g/mol. The number of hydrogen-bond donors (Lipinski definition) is 0. The van der Waals surface area contributed by atoms with E-state index >= 15 is 0 Å². The Balaban J connectivity index is 1.67. The molecule has 3 rings (SSSR count). The van der Waals surface area contributed by atoms with Crippen molar-refractivity contribution in [1.82, 2.24) is 14.8 Å². The SMILES string of the molecule is C[C@H](Sc1nnc(Cc2cccs2)n1C)C(=O)N(C)c1ccccc1. The molecule has 0 fully saturated rings. The Bertz CT molecular complexity index is 830. The standard InChI is InChI=1S/C18H20N4OS2/c1-13(17(23)21(2)14-8-5-4-6-9-14)25-18-20-19-16(22(18)3)12-15-10-7-11-24-15/h4-11,13H,12H2,1-3H3/t13-/m0/s1. The van der Waals surface area contributed by atoms with E-state index in [1.165, 1.54) is 16.6 Å². The van der Waals surface area contributed by atoms with Crippen molar-refractivity contribution in [3.63, 3.8) is 0 Å². The second-order valence-corrected chi connectivity index (χ2v) is 8.05. The Kier molecular flexibility index (Phi) is 5.55. The highest BCUT2D eigenvalue weighted by Gasteiger charge is 2.22. The molecular weight excluding hydrogens is 352 g/mol. The van der Waals surface area contributed by atoms with Crippen molar-refractivity contribution in [1.29, 1.82) is 0 Å². The lowest BCUT2D eigenvalue weighted by atomic mass is 10.3. The van der Waals surface area contributed by atoms with Crippen molar-refractivity contribution in [2.45, 2.75) is 23.8 Å². The second-order valence-electron chi connectivity index (χ2n) is 5.71. The van der Waals surface area contributed by atoms with Crippen molar-refractivity contribution >= 4 is 34.7 Å². The number of thioether (sulfide) groups is 1. The van der Waals surface area contributed by atoms with Gasteiger partial charge in [0.05, 0.1) is 5.25 Å². The molecule has 0 N–H and O–H groups in total. The maximum atomic E-state index is 12.7. The highest BCUT2D eigenvalue weighted by atomic mass is 32.2. The number of anilines is 1. The number of thiophene rings is 1. The van der Waals surface area contributed by atoms with E-state index < -0.39 is 0 Å². The van der Waals surface area contributed by atoms with Crippen LogP contribution in [-0.4, -0.2) is 33.0 Å². The van der Waals surface area contributed by atoms with Crippen LogP contribution >= 0.6 is 23.1 Å². The summed E-state index contributed by atoms with van der Waals surface area (Å²) in [6.07, 6.45) is 0.758. The summed E-state index contributed by atoms with van der Waals surface area (Å²) in [6, 6.07) is 13.8. The minimum absolute atomic E-state index is 0.0407. The molecule has 0 bridgehead atoms. The fourth-order valence-corrected chi connectivity index (χ4v) is 4.06. The number of aromatic nitrogens is 3.